The van der Waals surface area contributed by atoms with Crippen molar-refractivity contribution < 1.29 is 14.6 Å². The Hall–Kier alpha value is -2.62. The molecule has 2 heterocycles. The second-order valence-corrected chi connectivity index (χ2v) is 8.85. The second kappa shape index (κ2) is 12.0. The maximum Gasteiger partial charge on any atom is 0.161 e. The third-order valence-electron chi connectivity index (χ3n) is 5.81. The van der Waals surface area contributed by atoms with Gasteiger partial charge < -0.3 is 35.0 Å². The zero-order valence-electron chi connectivity index (χ0n) is 20.3. The van der Waals surface area contributed by atoms with Crippen molar-refractivity contribution in [2.75, 3.05) is 71.3 Å². The zero-order chi connectivity index (χ0) is 23.7. The van der Waals surface area contributed by atoms with Gasteiger partial charge in [0.2, 0.25) is 0 Å². The van der Waals surface area contributed by atoms with Gasteiger partial charge in [-0.3, -0.25) is 0 Å². The van der Waals surface area contributed by atoms with Crippen LogP contribution in [0.25, 0.3) is 0 Å². The van der Waals surface area contributed by atoms with Crippen molar-refractivity contribution in [3.05, 3.63) is 36.2 Å². The van der Waals surface area contributed by atoms with Gasteiger partial charge in [0.05, 0.1) is 19.3 Å². The van der Waals surface area contributed by atoms with Gasteiger partial charge >= 0.3 is 0 Å². The lowest BCUT2D eigenvalue weighted by atomic mass is 9.92. The van der Waals surface area contributed by atoms with Crippen LogP contribution in [0.15, 0.2) is 30.6 Å². The predicted molar refractivity (Wildman–Crippen MR) is 131 cm³/mol. The largest absolute Gasteiger partial charge is 0.493 e. The minimum atomic E-state index is -0.817. The highest BCUT2D eigenvalue weighted by Crippen LogP contribution is 2.29. The summed E-state index contributed by atoms with van der Waals surface area (Å²) in [6.45, 7) is 4.17. The van der Waals surface area contributed by atoms with E-state index in [1.807, 2.05) is 31.3 Å². The molecule has 9 heteroatoms. The van der Waals surface area contributed by atoms with Crippen LogP contribution >= 0.6 is 0 Å². The number of nitrogens with zero attached hydrogens (tertiary/aromatic N) is 4. The number of anilines is 2. The minimum absolute atomic E-state index is 0.499. The van der Waals surface area contributed by atoms with Crippen LogP contribution in [0, 0.1) is 0 Å². The number of piperidine rings is 1. The Morgan fingerprint density at radius 2 is 2.06 bits per heavy atom. The summed E-state index contributed by atoms with van der Waals surface area (Å²) < 4.78 is 11.4. The first kappa shape index (κ1) is 25.0. The summed E-state index contributed by atoms with van der Waals surface area (Å²) in [6.07, 6.45) is 4.17. The SMILES string of the molecule is CNc1cc(N2CCC[C@](O)(CNCc3ccc(OCCCN(C)C)c(OC)c3)C2)ncn1. The van der Waals surface area contributed by atoms with Crippen molar-refractivity contribution in [3.8, 4) is 11.5 Å². The summed E-state index contributed by atoms with van der Waals surface area (Å²) >= 11 is 0. The number of ether oxygens (including phenoxy) is 2. The molecule has 0 bridgehead atoms. The highest BCUT2D eigenvalue weighted by Gasteiger charge is 2.33. The fraction of sp³-hybridized carbons (Fsp3) is 0.583. The molecular formula is C24H38N6O3. The molecule has 1 aliphatic heterocycles. The lowest BCUT2D eigenvalue weighted by molar-refractivity contribution is 0.0259. The van der Waals surface area contributed by atoms with E-state index in [4.69, 9.17) is 9.47 Å². The molecule has 1 aromatic heterocycles. The Morgan fingerprint density at radius 3 is 2.82 bits per heavy atom. The van der Waals surface area contributed by atoms with E-state index < -0.39 is 5.60 Å². The first-order chi connectivity index (χ1) is 15.9. The Bertz CT molecular complexity index is 881. The van der Waals surface area contributed by atoms with E-state index in [9.17, 15) is 5.11 Å². The molecule has 1 fully saturated rings. The van der Waals surface area contributed by atoms with Crippen LogP contribution in [0.2, 0.25) is 0 Å². The summed E-state index contributed by atoms with van der Waals surface area (Å²) in [5.74, 6) is 3.09. The molecule has 0 radical (unpaired) electrons. The van der Waals surface area contributed by atoms with Gasteiger partial charge in [0.15, 0.2) is 11.5 Å². The highest BCUT2D eigenvalue weighted by atomic mass is 16.5. The van der Waals surface area contributed by atoms with Gasteiger partial charge in [0, 0.05) is 45.8 Å². The number of nitrogens with one attached hydrogen (secondary N) is 2. The lowest BCUT2D eigenvalue weighted by Crippen LogP contribution is -2.53. The van der Waals surface area contributed by atoms with Gasteiger partial charge in [-0.25, -0.2) is 9.97 Å². The van der Waals surface area contributed by atoms with Crippen molar-refractivity contribution in [3.63, 3.8) is 0 Å². The van der Waals surface area contributed by atoms with Crippen LogP contribution in [-0.2, 0) is 6.54 Å². The van der Waals surface area contributed by atoms with E-state index >= 15 is 0 Å². The Labute approximate surface area is 197 Å². The van der Waals surface area contributed by atoms with Gasteiger partial charge in [-0.05, 0) is 51.1 Å². The molecule has 182 valence electrons. The molecule has 1 aliphatic rings. The van der Waals surface area contributed by atoms with Gasteiger partial charge in [-0.2, -0.15) is 0 Å². The number of aromatic nitrogens is 2. The summed E-state index contributed by atoms with van der Waals surface area (Å²) in [5.41, 5.74) is 0.265. The summed E-state index contributed by atoms with van der Waals surface area (Å²) in [7, 11) is 7.60. The van der Waals surface area contributed by atoms with E-state index in [1.54, 1.807) is 13.4 Å². The summed E-state index contributed by atoms with van der Waals surface area (Å²) in [6, 6.07) is 7.90. The number of benzene rings is 1. The minimum Gasteiger partial charge on any atom is -0.493 e. The summed E-state index contributed by atoms with van der Waals surface area (Å²) in [4.78, 5) is 12.8. The molecule has 33 heavy (non-hydrogen) atoms. The average molecular weight is 459 g/mol. The molecule has 0 spiro atoms. The van der Waals surface area contributed by atoms with E-state index in [0.29, 0.717) is 26.2 Å². The van der Waals surface area contributed by atoms with Gasteiger partial charge in [-0.1, -0.05) is 6.07 Å². The molecule has 1 atom stereocenters. The van der Waals surface area contributed by atoms with E-state index in [1.165, 1.54) is 0 Å². The predicted octanol–water partition coefficient (Wildman–Crippen LogP) is 1.98. The van der Waals surface area contributed by atoms with E-state index in [-0.39, 0.29) is 0 Å². The smallest absolute Gasteiger partial charge is 0.161 e. The molecule has 0 saturated carbocycles. The van der Waals surface area contributed by atoms with Crippen LogP contribution in [0.1, 0.15) is 24.8 Å². The monoisotopic (exact) mass is 458 g/mol. The molecule has 1 aromatic carbocycles. The van der Waals surface area contributed by atoms with Gasteiger partial charge in [-0.15, -0.1) is 0 Å². The third-order valence-corrected chi connectivity index (χ3v) is 5.81. The van der Waals surface area contributed by atoms with Gasteiger partial charge in [0.1, 0.15) is 18.0 Å². The highest BCUT2D eigenvalue weighted by molar-refractivity contribution is 5.48. The number of rotatable bonds is 12. The number of hydrogen-bond donors (Lipinski definition) is 3. The number of aliphatic hydroxyl groups is 1. The Kier molecular flexibility index (Phi) is 9.11. The molecule has 3 N–H and O–H groups in total. The molecule has 0 unspecified atom stereocenters. The molecular weight excluding hydrogens is 420 g/mol. The van der Waals surface area contributed by atoms with Crippen LogP contribution in [-0.4, -0.2) is 86.6 Å². The van der Waals surface area contributed by atoms with Crippen LogP contribution in [0.4, 0.5) is 11.6 Å². The molecule has 0 amide bonds. The maximum atomic E-state index is 11.2. The Balaban J connectivity index is 1.52. The third kappa shape index (κ3) is 7.45. The quantitative estimate of drug-likeness (QED) is 0.413. The van der Waals surface area contributed by atoms with E-state index in [2.05, 4.69) is 44.5 Å². The molecule has 3 rings (SSSR count). The molecule has 1 saturated heterocycles. The molecule has 2 aromatic rings. The van der Waals surface area contributed by atoms with Crippen LogP contribution in [0.5, 0.6) is 11.5 Å². The van der Waals surface area contributed by atoms with Crippen molar-refractivity contribution in [2.24, 2.45) is 0 Å². The fourth-order valence-electron chi connectivity index (χ4n) is 4.05. The summed E-state index contributed by atoms with van der Waals surface area (Å²) in [5, 5.41) is 17.7. The molecule has 0 aliphatic carbocycles. The Morgan fingerprint density at radius 1 is 1.21 bits per heavy atom. The van der Waals surface area contributed by atoms with Crippen LogP contribution < -0.4 is 25.0 Å². The maximum absolute atomic E-state index is 11.2. The first-order valence-electron chi connectivity index (χ1n) is 11.5. The van der Waals surface area contributed by atoms with Crippen molar-refractivity contribution in [2.45, 2.75) is 31.4 Å². The molecule has 9 nitrogen and oxygen atoms in total. The van der Waals surface area contributed by atoms with Gasteiger partial charge in [0.25, 0.3) is 0 Å². The van der Waals surface area contributed by atoms with Crippen molar-refractivity contribution in [1.29, 1.82) is 0 Å². The first-order valence-corrected chi connectivity index (χ1v) is 11.5. The number of β-amino-alcohol motifs (C(OH)–C–C–N with tert-alkyl or cyclic N) is 1. The number of methoxy groups -OCH3 is 1. The van der Waals surface area contributed by atoms with Crippen molar-refractivity contribution in [1.82, 2.24) is 20.2 Å². The number of hydrogen-bond acceptors (Lipinski definition) is 9. The normalized spacial score (nSPS) is 18.4. The lowest BCUT2D eigenvalue weighted by Gasteiger charge is -2.40. The standard InChI is InChI=1S/C24H38N6O3/c1-25-22-14-23(28-18-27-22)30-11-5-9-24(31,17-30)16-26-15-19-7-8-20(21(13-19)32-4)33-12-6-10-29(2)3/h7-8,13-14,18,26,31H,5-6,9-12,15-17H2,1-4H3,(H,25,27,28)/t24-/m0/s1. The zero-order valence-corrected chi connectivity index (χ0v) is 20.3. The topological polar surface area (TPSA) is 95.0 Å². The van der Waals surface area contributed by atoms with E-state index in [0.717, 1.165) is 61.1 Å². The fourth-order valence-corrected chi connectivity index (χ4v) is 4.05. The van der Waals surface area contributed by atoms with Crippen LogP contribution in [0.3, 0.4) is 0 Å². The second-order valence-electron chi connectivity index (χ2n) is 8.85. The van der Waals surface area contributed by atoms with Crippen molar-refractivity contribution >= 4 is 11.6 Å². The average Bonchev–Trinajstić information content (AvgIpc) is 2.82.